The van der Waals surface area contributed by atoms with Crippen LogP contribution in [0.15, 0.2) is 12.3 Å². The highest BCUT2D eigenvalue weighted by Crippen LogP contribution is 2.25. The Balaban J connectivity index is 1.82. The summed E-state index contributed by atoms with van der Waals surface area (Å²) >= 11 is 0. The summed E-state index contributed by atoms with van der Waals surface area (Å²) in [6, 6.07) is 2.63. The molecule has 4 heteroatoms. The van der Waals surface area contributed by atoms with Gasteiger partial charge in [0.2, 0.25) is 0 Å². The summed E-state index contributed by atoms with van der Waals surface area (Å²) in [4.78, 5) is 20.3. The minimum Gasteiger partial charge on any atom is -0.355 e. The Morgan fingerprint density at radius 1 is 1.32 bits per heavy atom. The zero-order valence-corrected chi connectivity index (χ0v) is 11.5. The first-order chi connectivity index (χ1) is 9.28. The first-order valence-electron chi connectivity index (χ1n) is 7.19. The maximum absolute atomic E-state index is 10.8. The lowest BCUT2D eigenvalue weighted by molar-refractivity contribution is 0.112. The second-order valence-corrected chi connectivity index (χ2v) is 5.66. The highest BCUT2D eigenvalue weighted by molar-refractivity contribution is 5.75. The molecule has 1 aromatic heterocycles. The van der Waals surface area contributed by atoms with E-state index in [4.69, 9.17) is 0 Å². The molecule has 0 radical (unpaired) electrons. The first-order valence-corrected chi connectivity index (χ1v) is 7.19. The van der Waals surface area contributed by atoms with Gasteiger partial charge in [-0.2, -0.15) is 0 Å². The number of aldehydes is 1. The number of aryl methyl sites for hydroxylation is 1. The van der Waals surface area contributed by atoms with Crippen LogP contribution < -0.4 is 4.90 Å². The Kier molecular flexibility index (Phi) is 3.51. The maximum atomic E-state index is 10.8. The molecule has 0 aliphatic carbocycles. The monoisotopic (exact) mass is 259 g/mol. The Bertz CT molecular complexity index is 474. The molecule has 1 atom stereocenters. The van der Waals surface area contributed by atoms with Gasteiger partial charge < -0.3 is 4.90 Å². The zero-order valence-electron chi connectivity index (χ0n) is 11.5. The summed E-state index contributed by atoms with van der Waals surface area (Å²) in [7, 11) is 0. The van der Waals surface area contributed by atoms with Gasteiger partial charge in [-0.3, -0.25) is 9.69 Å². The third kappa shape index (κ3) is 2.50. The van der Waals surface area contributed by atoms with E-state index in [0.29, 0.717) is 11.6 Å². The Hall–Kier alpha value is -1.42. The van der Waals surface area contributed by atoms with E-state index in [9.17, 15) is 4.79 Å². The standard InChI is InChI=1S/C15H21N3O/c1-12-8-13(11-19)9-16-15(12)18-7-3-6-17-5-2-4-14(17)10-18/h8-9,11,14H,2-7,10H2,1H3. The van der Waals surface area contributed by atoms with Gasteiger partial charge in [-0.15, -0.1) is 0 Å². The number of anilines is 1. The predicted octanol–water partition coefficient (Wildman–Crippen LogP) is 1.88. The van der Waals surface area contributed by atoms with Crippen LogP contribution in [-0.4, -0.2) is 48.4 Å². The summed E-state index contributed by atoms with van der Waals surface area (Å²) in [5.41, 5.74) is 1.77. The molecule has 0 saturated carbocycles. The van der Waals surface area contributed by atoms with Gasteiger partial charge in [-0.1, -0.05) is 0 Å². The molecule has 2 fully saturated rings. The maximum Gasteiger partial charge on any atom is 0.151 e. The molecule has 1 aromatic rings. The van der Waals surface area contributed by atoms with Crippen LogP contribution in [0, 0.1) is 6.92 Å². The summed E-state index contributed by atoms with van der Waals surface area (Å²) in [6.45, 7) is 6.67. The topological polar surface area (TPSA) is 36.4 Å². The fourth-order valence-electron chi connectivity index (χ4n) is 3.38. The molecule has 2 aliphatic rings. The normalized spacial score (nSPS) is 24.1. The van der Waals surface area contributed by atoms with Gasteiger partial charge in [0.1, 0.15) is 5.82 Å². The number of aromatic nitrogens is 1. The highest BCUT2D eigenvalue weighted by atomic mass is 16.1. The summed E-state index contributed by atoms with van der Waals surface area (Å²) in [5, 5.41) is 0. The molecule has 0 N–H and O–H groups in total. The van der Waals surface area contributed by atoms with E-state index >= 15 is 0 Å². The summed E-state index contributed by atoms with van der Waals surface area (Å²) < 4.78 is 0. The molecule has 0 amide bonds. The van der Waals surface area contributed by atoms with E-state index in [2.05, 4.69) is 14.8 Å². The first kappa shape index (κ1) is 12.6. The third-order valence-corrected chi connectivity index (χ3v) is 4.31. The van der Waals surface area contributed by atoms with Crippen LogP contribution in [0.25, 0.3) is 0 Å². The van der Waals surface area contributed by atoms with Crippen LogP contribution in [0.2, 0.25) is 0 Å². The van der Waals surface area contributed by atoms with Gasteiger partial charge in [0, 0.05) is 37.4 Å². The summed E-state index contributed by atoms with van der Waals surface area (Å²) in [6.07, 6.45) is 6.39. The summed E-state index contributed by atoms with van der Waals surface area (Å²) in [5.74, 6) is 1.05. The molecule has 4 nitrogen and oxygen atoms in total. The minimum atomic E-state index is 0.665. The molecule has 2 saturated heterocycles. The predicted molar refractivity (Wildman–Crippen MR) is 75.8 cm³/mol. The Morgan fingerprint density at radius 3 is 2.95 bits per heavy atom. The van der Waals surface area contributed by atoms with E-state index in [1.165, 1.54) is 32.4 Å². The lowest BCUT2D eigenvalue weighted by atomic mass is 10.1. The molecular weight excluding hydrogens is 238 g/mol. The molecule has 102 valence electrons. The molecule has 3 heterocycles. The number of carbonyl (C=O) groups is 1. The van der Waals surface area contributed by atoms with Crippen molar-refractivity contribution in [2.45, 2.75) is 32.2 Å². The van der Waals surface area contributed by atoms with E-state index in [1.54, 1.807) is 6.20 Å². The van der Waals surface area contributed by atoms with Crippen molar-refractivity contribution < 1.29 is 4.79 Å². The van der Waals surface area contributed by atoms with Crippen LogP contribution in [-0.2, 0) is 0 Å². The quantitative estimate of drug-likeness (QED) is 0.760. The molecule has 0 bridgehead atoms. The number of pyridine rings is 1. The van der Waals surface area contributed by atoms with Gasteiger partial charge >= 0.3 is 0 Å². The number of fused-ring (bicyclic) bond motifs is 1. The van der Waals surface area contributed by atoms with Gasteiger partial charge in [-0.25, -0.2) is 4.98 Å². The van der Waals surface area contributed by atoms with Crippen molar-refractivity contribution in [3.63, 3.8) is 0 Å². The van der Waals surface area contributed by atoms with Gasteiger partial charge in [0.15, 0.2) is 6.29 Å². The largest absolute Gasteiger partial charge is 0.355 e. The van der Waals surface area contributed by atoms with E-state index < -0.39 is 0 Å². The van der Waals surface area contributed by atoms with E-state index in [-0.39, 0.29) is 0 Å². The number of hydrogen-bond donors (Lipinski definition) is 0. The van der Waals surface area contributed by atoms with Crippen molar-refractivity contribution in [1.82, 2.24) is 9.88 Å². The molecule has 0 spiro atoms. The van der Waals surface area contributed by atoms with Crippen molar-refractivity contribution >= 4 is 12.1 Å². The van der Waals surface area contributed by atoms with Crippen LogP contribution in [0.5, 0.6) is 0 Å². The number of nitrogens with zero attached hydrogens (tertiary/aromatic N) is 3. The fraction of sp³-hybridized carbons (Fsp3) is 0.600. The van der Waals surface area contributed by atoms with Crippen molar-refractivity contribution in [3.05, 3.63) is 23.4 Å². The van der Waals surface area contributed by atoms with Gasteiger partial charge in [-0.05, 0) is 44.4 Å². The highest BCUT2D eigenvalue weighted by Gasteiger charge is 2.29. The van der Waals surface area contributed by atoms with Crippen LogP contribution in [0.4, 0.5) is 5.82 Å². The lowest BCUT2D eigenvalue weighted by Crippen LogP contribution is -2.37. The van der Waals surface area contributed by atoms with E-state index in [0.717, 1.165) is 30.8 Å². The second-order valence-electron chi connectivity index (χ2n) is 5.66. The average molecular weight is 259 g/mol. The molecule has 19 heavy (non-hydrogen) atoms. The number of carbonyl (C=O) groups excluding carboxylic acids is 1. The number of hydrogen-bond acceptors (Lipinski definition) is 4. The van der Waals surface area contributed by atoms with Gasteiger partial charge in [0.25, 0.3) is 0 Å². The molecule has 3 rings (SSSR count). The van der Waals surface area contributed by atoms with Crippen LogP contribution in [0.3, 0.4) is 0 Å². The lowest BCUT2D eigenvalue weighted by Gasteiger charge is -2.27. The Morgan fingerprint density at radius 2 is 2.16 bits per heavy atom. The van der Waals surface area contributed by atoms with Crippen LogP contribution >= 0.6 is 0 Å². The van der Waals surface area contributed by atoms with Crippen LogP contribution in [0.1, 0.15) is 35.2 Å². The molecule has 1 unspecified atom stereocenters. The molecule has 2 aliphatic heterocycles. The minimum absolute atomic E-state index is 0.665. The number of rotatable bonds is 2. The van der Waals surface area contributed by atoms with Crippen molar-refractivity contribution in [3.8, 4) is 0 Å². The molecular formula is C15H21N3O. The second kappa shape index (κ2) is 5.29. The smallest absolute Gasteiger partial charge is 0.151 e. The third-order valence-electron chi connectivity index (χ3n) is 4.31. The van der Waals surface area contributed by atoms with Crippen molar-refractivity contribution in [2.24, 2.45) is 0 Å². The zero-order chi connectivity index (χ0) is 13.2. The van der Waals surface area contributed by atoms with Crippen molar-refractivity contribution in [2.75, 3.05) is 31.1 Å². The Labute approximate surface area is 114 Å². The fourth-order valence-corrected chi connectivity index (χ4v) is 3.38. The van der Waals surface area contributed by atoms with E-state index in [1.807, 2.05) is 13.0 Å². The molecule has 0 aromatic carbocycles. The average Bonchev–Trinajstić information content (AvgIpc) is 2.76. The van der Waals surface area contributed by atoms with Gasteiger partial charge in [0.05, 0.1) is 0 Å². The van der Waals surface area contributed by atoms with Crippen molar-refractivity contribution in [1.29, 1.82) is 0 Å². The SMILES string of the molecule is Cc1cc(C=O)cnc1N1CCCN2CCCC2C1.